The summed E-state index contributed by atoms with van der Waals surface area (Å²) in [4.78, 5) is 21.4. The van der Waals surface area contributed by atoms with Crippen LogP contribution in [0.4, 0.5) is 0 Å². The molecule has 2 aromatic rings. The minimum absolute atomic E-state index is 0.0716. The number of carbonyl (C=O) groups excluding carboxylic acids is 1. The van der Waals surface area contributed by atoms with Crippen LogP contribution < -0.4 is 4.74 Å². The van der Waals surface area contributed by atoms with Crippen LogP contribution in [0.3, 0.4) is 0 Å². The minimum Gasteiger partial charge on any atom is -0.497 e. The molecule has 0 spiro atoms. The molecule has 0 radical (unpaired) electrons. The molecule has 7 aliphatic rings. The molecule has 5 atom stereocenters. The smallest absolute Gasteiger partial charge is 0.312 e. The van der Waals surface area contributed by atoms with Gasteiger partial charge in [-0.2, -0.15) is 0 Å². The van der Waals surface area contributed by atoms with E-state index in [-0.39, 0.29) is 23.5 Å². The molecule has 7 fully saturated rings. The van der Waals surface area contributed by atoms with Crippen molar-refractivity contribution < 1.29 is 14.3 Å². The molecule has 3 saturated heterocycles. The molecule has 4 saturated carbocycles. The van der Waals surface area contributed by atoms with E-state index in [9.17, 15) is 4.79 Å². The highest BCUT2D eigenvalue weighted by molar-refractivity contribution is 5.85. The zero-order chi connectivity index (χ0) is 24.4. The summed E-state index contributed by atoms with van der Waals surface area (Å²) in [6, 6.07) is 8.29. The second kappa shape index (κ2) is 8.58. The summed E-state index contributed by atoms with van der Waals surface area (Å²) in [5, 5.41) is 1.03. The van der Waals surface area contributed by atoms with Crippen molar-refractivity contribution in [3.8, 4) is 5.75 Å². The molecule has 9 rings (SSSR count). The maximum Gasteiger partial charge on any atom is 0.312 e. The predicted octanol–water partition coefficient (Wildman–Crippen LogP) is 5.94. The van der Waals surface area contributed by atoms with E-state index in [2.05, 4.69) is 34.7 Å². The molecule has 190 valence electrons. The number of rotatable bonds is 6. The number of pyridine rings is 1. The zero-order valence-electron chi connectivity index (χ0n) is 21.4. The van der Waals surface area contributed by atoms with E-state index in [0.717, 1.165) is 78.7 Å². The lowest BCUT2D eigenvalue weighted by molar-refractivity contribution is -0.184. The van der Waals surface area contributed by atoms with Gasteiger partial charge in [0.05, 0.1) is 24.1 Å². The third-order valence-corrected chi connectivity index (χ3v) is 10.5. The van der Waals surface area contributed by atoms with Crippen LogP contribution in [0.25, 0.3) is 10.9 Å². The molecule has 1 aromatic carbocycles. The average molecular weight is 487 g/mol. The summed E-state index contributed by atoms with van der Waals surface area (Å²) in [6.45, 7) is 6.19. The van der Waals surface area contributed by atoms with Gasteiger partial charge in [-0.15, -0.1) is 6.58 Å². The van der Waals surface area contributed by atoms with Gasteiger partial charge in [-0.05, 0) is 112 Å². The van der Waals surface area contributed by atoms with Gasteiger partial charge in [-0.3, -0.25) is 14.7 Å². The van der Waals surface area contributed by atoms with Crippen molar-refractivity contribution in [1.29, 1.82) is 0 Å². The van der Waals surface area contributed by atoms with Crippen molar-refractivity contribution >= 4 is 16.9 Å². The first-order valence-electron chi connectivity index (χ1n) is 14.1. The van der Waals surface area contributed by atoms with Crippen molar-refractivity contribution in [3.05, 3.63) is 48.7 Å². The van der Waals surface area contributed by atoms with Crippen LogP contribution in [0, 0.1) is 35.0 Å². The Labute approximate surface area is 214 Å². The SMILES string of the molecule is C=CC1CN2CCC1CC2C(OC(=O)C12CC3CC(CC(C3)C1)C2)c1ccnc2ccc(OC)cc12. The van der Waals surface area contributed by atoms with E-state index in [1.54, 1.807) is 7.11 Å². The molecule has 0 N–H and O–H groups in total. The number of hydrogen-bond donors (Lipinski definition) is 0. The number of benzene rings is 1. The second-order valence-electron chi connectivity index (χ2n) is 12.6. The number of esters is 1. The monoisotopic (exact) mass is 486 g/mol. The average Bonchev–Trinajstić information content (AvgIpc) is 2.90. The molecular weight excluding hydrogens is 448 g/mol. The van der Waals surface area contributed by atoms with Crippen molar-refractivity contribution in [3.63, 3.8) is 0 Å². The first-order valence-corrected chi connectivity index (χ1v) is 14.1. The number of aromatic nitrogens is 1. The predicted molar refractivity (Wildman–Crippen MR) is 140 cm³/mol. The van der Waals surface area contributed by atoms with Crippen LogP contribution in [0.1, 0.15) is 63.0 Å². The quantitative estimate of drug-likeness (QED) is 0.374. The molecule has 0 amide bonds. The zero-order valence-corrected chi connectivity index (χ0v) is 21.4. The largest absolute Gasteiger partial charge is 0.497 e. The molecule has 3 aliphatic heterocycles. The molecule has 5 unspecified atom stereocenters. The Bertz CT molecular complexity index is 1160. The number of hydrogen-bond acceptors (Lipinski definition) is 5. The van der Waals surface area contributed by atoms with E-state index in [0.29, 0.717) is 11.8 Å². The Hall–Kier alpha value is -2.40. The van der Waals surface area contributed by atoms with Gasteiger partial charge in [0.25, 0.3) is 0 Å². The lowest BCUT2D eigenvalue weighted by atomic mass is 9.49. The Morgan fingerprint density at radius 1 is 1.14 bits per heavy atom. The maximum atomic E-state index is 14.2. The van der Waals surface area contributed by atoms with Gasteiger partial charge in [-0.25, -0.2) is 0 Å². The third kappa shape index (κ3) is 3.60. The third-order valence-electron chi connectivity index (χ3n) is 10.5. The molecule has 4 aliphatic carbocycles. The number of nitrogens with zero attached hydrogens (tertiary/aromatic N) is 2. The Morgan fingerprint density at radius 3 is 2.53 bits per heavy atom. The number of piperidine rings is 3. The van der Waals surface area contributed by atoms with Crippen LogP contribution in [0.5, 0.6) is 5.75 Å². The summed E-state index contributed by atoms with van der Waals surface area (Å²) in [5.74, 6) is 4.18. The molecule has 4 heterocycles. The number of carbonyl (C=O) groups is 1. The first kappa shape index (κ1) is 22.8. The van der Waals surface area contributed by atoms with Crippen LogP contribution >= 0.6 is 0 Å². The highest BCUT2D eigenvalue weighted by Crippen LogP contribution is 2.61. The second-order valence-corrected chi connectivity index (χ2v) is 12.6. The fourth-order valence-corrected chi connectivity index (χ4v) is 9.16. The van der Waals surface area contributed by atoms with Crippen molar-refractivity contribution in [2.45, 2.75) is 63.5 Å². The lowest BCUT2D eigenvalue weighted by Crippen LogP contribution is -2.56. The fraction of sp³-hybridized carbons (Fsp3) is 0.613. The van der Waals surface area contributed by atoms with Gasteiger partial charge < -0.3 is 9.47 Å². The van der Waals surface area contributed by atoms with Crippen molar-refractivity contribution in [1.82, 2.24) is 9.88 Å². The first-order chi connectivity index (χ1) is 17.5. The topological polar surface area (TPSA) is 51.7 Å². The Morgan fingerprint density at radius 2 is 1.89 bits per heavy atom. The summed E-state index contributed by atoms with van der Waals surface area (Å²) in [5.41, 5.74) is 1.73. The molecule has 36 heavy (non-hydrogen) atoms. The minimum atomic E-state index is -0.295. The van der Waals surface area contributed by atoms with Gasteiger partial charge in [0, 0.05) is 23.7 Å². The van der Waals surface area contributed by atoms with E-state index < -0.39 is 0 Å². The molecule has 1 aromatic heterocycles. The Balaban J connectivity index is 1.27. The highest BCUT2D eigenvalue weighted by atomic mass is 16.5. The van der Waals surface area contributed by atoms with Gasteiger partial charge in [0.1, 0.15) is 11.9 Å². The molecule has 6 bridgehead atoms. The molecule has 5 heteroatoms. The summed E-state index contributed by atoms with van der Waals surface area (Å²) in [6.07, 6.45) is 13.0. The highest BCUT2D eigenvalue weighted by Gasteiger charge is 2.56. The van der Waals surface area contributed by atoms with Gasteiger partial charge >= 0.3 is 5.97 Å². The van der Waals surface area contributed by atoms with E-state index >= 15 is 0 Å². The van der Waals surface area contributed by atoms with Gasteiger partial charge in [0.15, 0.2) is 0 Å². The fourth-order valence-electron chi connectivity index (χ4n) is 9.16. The maximum absolute atomic E-state index is 14.2. The number of methoxy groups -OCH3 is 1. The summed E-state index contributed by atoms with van der Waals surface area (Å²) >= 11 is 0. The van der Waals surface area contributed by atoms with E-state index in [1.807, 2.05) is 18.3 Å². The standard InChI is InChI=1S/C31H38N2O3/c1-3-22-18-33-9-7-23(22)13-28(33)29(25-6-8-32-27-5-4-24(35-2)14-26(25)27)36-30(34)31-15-19-10-20(16-31)12-21(11-19)17-31/h3-6,8,14,19-23,28-29H,1,7,9-13,15-18H2,2H3. The summed E-state index contributed by atoms with van der Waals surface area (Å²) in [7, 11) is 1.70. The van der Waals surface area contributed by atoms with Gasteiger partial charge in [0.2, 0.25) is 0 Å². The van der Waals surface area contributed by atoms with Crippen LogP contribution in [-0.2, 0) is 9.53 Å². The van der Waals surface area contributed by atoms with Crippen LogP contribution in [-0.4, -0.2) is 42.1 Å². The Kier molecular flexibility index (Phi) is 5.43. The van der Waals surface area contributed by atoms with Crippen LogP contribution in [0.15, 0.2) is 43.1 Å². The molecular formula is C31H38N2O3. The van der Waals surface area contributed by atoms with E-state index in [4.69, 9.17) is 9.47 Å². The van der Waals surface area contributed by atoms with E-state index in [1.165, 1.54) is 25.7 Å². The van der Waals surface area contributed by atoms with Gasteiger partial charge in [-0.1, -0.05) is 6.08 Å². The van der Waals surface area contributed by atoms with Crippen molar-refractivity contribution in [2.75, 3.05) is 20.2 Å². The van der Waals surface area contributed by atoms with Crippen LogP contribution in [0.2, 0.25) is 0 Å². The lowest BCUT2D eigenvalue weighted by Gasteiger charge is -2.56. The van der Waals surface area contributed by atoms with Crippen molar-refractivity contribution in [2.24, 2.45) is 35.0 Å². The number of ether oxygens (including phenoxy) is 2. The number of fused-ring (bicyclic) bond motifs is 4. The normalized spacial score (nSPS) is 39.2. The molecule has 5 nitrogen and oxygen atoms in total. The summed E-state index contributed by atoms with van der Waals surface area (Å²) < 4.78 is 12.4.